The van der Waals surface area contributed by atoms with Gasteiger partial charge in [-0.2, -0.15) is 0 Å². The summed E-state index contributed by atoms with van der Waals surface area (Å²) >= 11 is 0. The predicted octanol–water partition coefficient (Wildman–Crippen LogP) is 6.36. The molecule has 52 heavy (non-hydrogen) atoms. The van der Waals surface area contributed by atoms with E-state index in [1.807, 2.05) is 0 Å². The van der Waals surface area contributed by atoms with Crippen LogP contribution in [0.25, 0.3) is 0 Å². The summed E-state index contributed by atoms with van der Waals surface area (Å²) in [7, 11) is 3.39. The molecule has 6 aliphatic rings. The van der Waals surface area contributed by atoms with Gasteiger partial charge in [0.15, 0.2) is 11.6 Å². The van der Waals surface area contributed by atoms with Gasteiger partial charge in [-0.1, -0.05) is 41.5 Å². The molecule has 19 atom stereocenters. The fourth-order valence-corrected chi connectivity index (χ4v) is 11.6. The minimum absolute atomic E-state index is 0.00252. The number of methoxy groups -OCH3 is 2. The maximum atomic E-state index is 11.8. The first kappa shape index (κ1) is 40.8. The van der Waals surface area contributed by atoms with E-state index in [1.165, 1.54) is 0 Å². The van der Waals surface area contributed by atoms with Gasteiger partial charge in [0.25, 0.3) is 0 Å². The number of hydrogen-bond donors (Lipinski definition) is 2. The van der Waals surface area contributed by atoms with E-state index >= 15 is 0 Å². The number of aliphatic carboxylic acids is 1. The van der Waals surface area contributed by atoms with Crippen molar-refractivity contribution in [3.05, 3.63) is 0 Å². The third-order valence-electron chi connectivity index (χ3n) is 14.7. The third-order valence-corrected chi connectivity index (χ3v) is 14.7. The topological polar surface area (TPSA) is 131 Å². The highest BCUT2D eigenvalue weighted by Gasteiger charge is 2.65. The maximum Gasteiger partial charge on any atom is 0.308 e. The SMILES string of the molecule is CO[C@@H]1C[C@@H](C[C@H]2CC[C@H](C)[C@H]([C@@H](C)C(=O)O)O2)OC2(O[C@](C)([C@H]3CC[C@@](C)([C@@H]4O[C@@H]([C@H]5O[C@](CO)(OC)C(C)CC5C)C[C@@H]4C)O3)C[C@H]2C)[C@@H]1C. The molecule has 11 nitrogen and oxygen atoms in total. The molecule has 6 heterocycles. The molecule has 6 saturated heterocycles. The highest BCUT2D eigenvalue weighted by Crippen LogP contribution is 2.57. The Morgan fingerprint density at radius 2 is 1.58 bits per heavy atom. The predicted molar refractivity (Wildman–Crippen MR) is 194 cm³/mol. The van der Waals surface area contributed by atoms with Crippen molar-refractivity contribution in [2.75, 3.05) is 20.8 Å². The van der Waals surface area contributed by atoms with Gasteiger partial charge in [-0.05, 0) is 83.5 Å². The maximum absolute atomic E-state index is 11.8. The molecule has 6 rings (SSSR count). The molecule has 6 aliphatic heterocycles. The van der Waals surface area contributed by atoms with Gasteiger partial charge in [-0.3, -0.25) is 4.79 Å². The van der Waals surface area contributed by atoms with Crippen molar-refractivity contribution in [1.82, 2.24) is 0 Å². The van der Waals surface area contributed by atoms with Crippen LogP contribution >= 0.6 is 0 Å². The average Bonchev–Trinajstić information content (AvgIpc) is 3.77. The van der Waals surface area contributed by atoms with Crippen LogP contribution in [0.4, 0.5) is 0 Å². The number of carbonyl (C=O) groups is 1. The molecule has 0 saturated carbocycles. The Labute approximate surface area is 312 Å². The lowest BCUT2D eigenvalue weighted by Gasteiger charge is -2.50. The molecule has 0 radical (unpaired) electrons. The molecule has 0 amide bonds. The van der Waals surface area contributed by atoms with Gasteiger partial charge >= 0.3 is 5.97 Å². The molecule has 0 aromatic carbocycles. The summed E-state index contributed by atoms with van der Waals surface area (Å²) in [5.41, 5.74) is -1.05. The Balaban J connectivity index is 1.13. The standard InChI is InChI=1S/C41H70O11/c1-22-12-13-29(47-34(22)27(6)37(43)44)18-30-19-31(45-10)28(7)41(49-30)26(5)20-39(9,52-41)33-14-15-38(8,50-33)36-24(3)17-32(48-36)35-23(2)16-25(4)40(21-42,46-11)51-35/h22-36,42H,12-21H2,1-11H3,(H,43,44)/t22-,23?,24-,25?,26+,27+,28+,29+,30+,31+,32+,33+,34+,35-,36+,38-,39-,40-,41?/m0/s1. The number of rotatable bonds is 10. The fraction of sp³-hybridized carbons (Fsp3) is 0.976. The number of carboxylic acids is 1. The van der Waals surface area contributed by atoms with Crippen molar-refractivity contribution in [2.45, 2.75) is 192 Å². The van der Waals surface area contributed by atoms with Crippen molar-refractivity contribution in [1.29, 1.82) is 0 Å². The number of aliphatic hydroxyl groups excluding tert-OH is 1. The summed E-state index contributed by atoms with van der Waals surface area (Å²) in [5, 5.41) is 20.0. The normalized spacial score (nSPS) is 53.4. The lowest BCUT2D eigenvalue weighted by atomic mass is 9.78. The van der Waals surface area contributed by atoms with Crippen LogP contribution in [0.1, 0.15) is 120 Å². The zero-order valence-electron chi connectivity index (χ0n) is 33.8. The first-order valence-electron chi connectivity index (χ1n) is 20.4. The molecule has 0 aromatic rings. The van der Waals surface area contributed by atoms with E-state index in [-0.39, 0.29) is 90.9 Å². The molecule has 2 N–H and O–H groups in total. The minimum atomic E-state index is -1.01. The molecule has 3 unspecified atom stereocenters. The van der Waals surface area contributed by atoms with Crippen molar-refractivity contribution in [3.63, 3.8) is 0 Å². The summed E-state index contributed by atoms with van der Waals surface area (Å²) in [6.45, 7) is 19.0. The van der Waals surface area contributed by atoms with E-state index in [0.717, 1.165) is 51.4 Å². The molecule has 11 heteroatoms. The van der Waals surface area contributed by atoms with Gasteiger partial charge in [0.1, 0.15) is 0 Å². The van der Waals surface area contributed by atoms with Gasteiger partial charge in [-0.25, -0.2) is 0 Å². The van der Waals surface area contributed by atoms with Crippen molar-refractivity contribution < 1.29 is 52.9 Å². The lowest BCUT2D eigenvalue weighted by Crippen LogP contribution is -2.58. The largest absolute Gasteiger partial charge is 0.481 e. The Morgan fingerprint density at radius 1 is 0.846 bits per heavy atom. The van der Waals surface area contributed by atoms with Crippen LogP contribution in [0.5, 0.6) is 0 Å². The van der Waals surface area contributed by atoms with Crippen LogP contribution in [0.2, 0.25) is 0 Å². The van der Waals surface area contributed by atoms with Crippen LogP contribution < -0.4 is 0 Å². The number of carboxylic acid groups (broad SMARTS) is 1. The summed E-state index contributed by atoms with van der Waals surface area (Å²) in [5.74, 6) is -2.31. The number of ether oxygens (including phenoxy) is 8. The van der Waals surface area contributed by atoms with Crippen LogP contribution in [0.15, 0.2) is 0 Å². The van der Waals surface area contributed by atoms with Gasteiger partial charge in [-0.15, -0.1) is 0 Å². The van der Waals surface area contributed by atoms with E-state index in [1.54, 1.807) is 21.1 Å². The summed E-state index contributed by atoms with van der Waals surface area (Å²) in [6, 6.07) is 0. The van der Waals surface area contributed by atoms with E-state index in [0.29, 0.717) is 6.42 Å². The monoisotopic (exact) mass is 738 g/mol. The quantitative estimate of drug-likeness (QED) is 0.260. The second-order valence-electron chi connectivity index (χ2n) is 18.6. The Kier molecular flexibility index (Phi) is 11.9. The van der Waals surface area contributed by atoms with Crippen molar-refractivity contribution in [3.8, 4) is 0 Å². The summed E-state index contributed by atoms with van der Waals surface area (Å²) in [4.78, 5) is 11.8. The number of aliphatic hydroxyl groups is 1. The van der Waals surface area contributed by atoms with E-state index < -0.39 is 34.7 Å². The smallest absolute Gasteiger partial charge is 0.308 e. The third kappa shape index (κ3) is 7.15. The van der Waals surface area contributed by atoms with Crippen LogP contribution in [-0.4, -0.2) is 109 Å². The Hall–Kier alpha value is -0.890. The van der Waals surface area contributed by atoms with Gasteiger partial charge in [0.05, 0.1) is 72.6 Å². The molecule has 6 fully saturated rings. The molecule has 300 valence electrons. The van der Waals surface area contributed by atoms with Crippen molar-refractivity contribution in [2.24, 2.45) is 41.4 Å². The zero-order chi connectivity index (χ0) is 38.0. The Bertz CT molecular complexity index is 1240. The first-order chi connectivity index (χ1) is 24.4. The van der Waals surface area contributed by atoms with Gasteiger partial charge in [0, 0.05) is 44.8 Å². The number of hydrogen-bond acceptors (Lipinski definition) is 10. The molecule has 0 aromatic heterocycles. The second kappa shape index (κ2) is 15.2. The lowest BCUT2D eigenvalue weighted by molar-refractivity contribution is -0.353. The highest BCUT2D eigenvalue weighted by atomic mass is 16.7. The highest BCUT2D eigenvalue weighted by molar-refractivity contribution is 5.70. The average molecular weight is 739 g/mol. The molecular weight excluding hydrogens is 668 g/mol. The Morgan fingerprint density at radius 3 is 2.23 bits per heavy atom. The second-order valence-corrected chi connectivity index (χ2v) is 18.6. The van der Waals surface area contributed by atoms with Crippen LogP contribution in [0, 0.1) is 41.4 Å². The zero-order valence-corrected chi connectivity index (χ0v) is 33.8. The van der Waals surface area contributed by atoms with E-state index in [4.69, 9.17) is 37.9 Å². The fourth-order valence-electron chi connectivity index (χ4n) is 11.6. The van der Waals surface area contributed by atoms with Crippen LogP contribution in [-0.2, 0) is 42.7 Å². The van der Waals surface area contributed by atoms with Gasteiger partial charge in [0.2, 0.25) is 0 Å². The summed E-state index contributed by atoms with van der Waals surface area (Å²) < 4.78 is 53.4. The molecule has 0 aliphatic carbocycles. The van der Waals surface area contributed by atoms with E-state index in [2.05, 4.69) is 55.4 Å². The summed E-state index contributed by atoms with van der Waals surface area (Å²) in [6.07, 6.45) is 6.44. The molecular formula is C41H70O11. The van der Waals surface area contributed by atoms with E-state index in [9.17, 15) is 15.0 Å². The molecule has 1 spiro atoms. The molecule has 0 bridgehead atoms. The van der Waals surface area contributed by atoms with Crippen LogP contribution in [0.3, 0.4) is 0 Å². The van der Waals surface area contributed by atoms with Gasteiger partial charge < -0.3 is 48.1 Å². The first-order valence-corrected chi connectivity index (χ1v) is 20.4. The van der Waals surface area contributed by atoms with Crippen molar-refractivity contribution >= 4 is 5.97 Å². The minimum Gasteiger partial charge on any atom is -0.481 e.